The molecule has 0 spiro atoms. The van der Waals surface area contributed by atoms with Gasteiger partial charge in [0.15, 0.2) is 5.82 Å². The molecule has 2 aromatic heterocycles. The third-order valence-electron chi connectivity index (χ3n) is 4.75. The van der Waals surface area contributed by atoms with E-state index in [0.717, 1.165) is 5.56 Å². The van der Waals surface area contributed by atoms with Crippen LogP contribution in [-0.2, 0) is 16.6 Å². The Labute approximate surface area is 176 Å². The van der Waals surface area contributed by atoms with Crippen molar-refractivity contribution in [1.29, 1.82) is 0 Å². The first-order valence-electron chi connectivity index (χ1n) is 9.69. The number of amides is 1. The molecule has 1 N–H and O–H groups in total. The summed E-state index contributed by atoms with van der Waals surface area (Å²) in [5, 5.41) is 7.10. The first-order chi connectivity index (χ1) is 14.3. The molecule has 2 heterocycles. The van der Waals surface area contributed by atoms with E-state index in [4.69, 9.17) is 0 Å². The number of carbonyl (C=O) groups is 1. The molecule has 30 heavy (non-hydrogen) atoms. The zero-order valence-electron chi connectivity index (χ0n) is 17.2. The average molecular weight is 428 g/mol. The van der Waals surface area contributed by atoms with Crippen LogP contribution in [0.2, 0.25) is 0 Å². The molecule has 1 amide bonds. The van der Waals surface area contributed by atoms with Gasteiger partial charge in [-0.15, -0.1) is 0 Å². The van der Waals surface area contributed by atoms with Crippen LogP contribution < -0.4 is 5.32 Å². The Morgan fingerprint density at radius 3 is 2.60 bits per heavy atom. The summed E-state index contributed by atoms with van der Waals surface area (Å²) < 4.78 is 28.6. The van der Waals surface area contributed by atoms with Gasteiger partial charge in [0, 0.05) is 43.3 Å². The SMILES string of the molecule is CCN(CC)S(=O)(=O)c1ccc(C)c(C(=O)Nc2ccn(Cc3cccnc3)n2)c1. The van der Waals surface area contributed by atoms with Crippen molar-refractivity contribution in [2.45, 2.75) is 32.2 Å². The molecule has 1 aromatic carbocycles. The number of nitrogens with one attached hydrogen (secondary N) is 1. The van der Waals surface area contributed by atoms with E-state index in [1.165, 1.54) is 16.4 Å². The van der Waals surface area contributed by atoms with Gasteiger partial charge in [0.05, 0.1) is 11.4 Å². The molecule has 0 saturated carbocycles. The summed E-state index contributed by atoms with van der Waals surface area (Å²) in [5.41, 5.74) is 1.97. The van der Waals surface area contributed by atoms with Gasteiger partial charge in [-0.1, -0.05) is 26.0 Å². The number of carbonyl (C=O) groups excluding carboxylic acids is 1. The van der Waals surface area contributed by atoms with E-state index in [2.05, 4.69) is 15.4 Å². The number of aromatic nitrogens is 3. The van der Waals surface area contributed by atoms with Crippen LogP contribution in [0.25, 0.3) is 0 Å². The molecule has 0 saturated heterocycles. The number of pyridine rings is 1. The van der Waals surface area contributed by atoms with Crippen LogP contribution in [0, 0.1) is 6.92 Å². The number of anilines is 1. The average Bonchev–Trinajstić information content (AvgIpc) is 3.16. The van der Waals surface area contributed by atoms with Gasteiger partial charge in [0.2, 0.25) is 10.0 Å². The minimum atomic E-state index is -3.65. The first-order valence-corrected chi connectivity index (χ1v) is 11.1. The van der Waals surface area contributed by atoms with Gasteiger partial charge >= 0.3 is 0 Å². The Bertz CT molecular complexity index is 1120. The van der Waals surface area contributed by atoms with Gasteiger partial charge in [-0.05, 0) is 36.2 Å². The summed E-state index contributed by atoms with van der Waals surface area (Å²) in [6.07, 6.45) is 5.22. The summed E-state index contributed by atoms with van der Waals surface area (Å²) in [4.78, 5) is 17.0. The number of rotatable bonds is 8. The maximum absolute atomic E-state index is 12.8. The summed E-state index contributed by atoms with van der Waals surface area (Å²) >= 11 is 0. The second-order valence-corrected chi connectivity index (χ2v) is 8.72. The lowest BCUT2D eigenvalue weighted by atomic mass is 10.1. The highest BCUT2D eigenvalue weighted by atomic mass is 32.2. The second-order valence-electron chi connectivity index (χ2n) is 6.78. The van der Waals surface area contributed by atoms with Gasteiger partial charge in [0.25, 0.3) is 5.91 Å². The van der Waals surface area contributed by atoms with E-state index in [-0.39, 0.29) is 4.90 Å². The van der Waals surface area contributed by atoms with Crippen molar-refractivity contribution < 1.29 is 13.2 Å². The van der Waals surface area contributed by atoms with Crippen LogP contribution in [0.5, 0.6) is 0 Å². The molecular weight excluding hydrogens is 402 g/mol. The molecular formula is C21H25N5O3S. The Balaban J connectivity index is 1.79. The monoisotopic (exact) mass is 427 g/mol. The molecule has 0 fully saturated rings. The van der Waals surface area contributed by atoms with E-state index < -0.39 is 15.9 Å². The van der Waals surface area contributed by atoms with E-state index in [0.29, 0.717) is 36.6 Å². The third kappa shape index (κ3) is 4.74. The van der Waals surface area contributed by atoms with Crippen molar-refractivity contribution >= 4 is 21.7 Å². The lowest BCUT2D eigenvalue weighted by Crippen LogP contribution is -2.30. The predicted octanol–water partition coefficient (Wildman–Crippen LogP) is 2.92. The van der Waals surface area contributed by atoms with Crippen molar-refractivity contribution in [1.82, 2.24) is 19.1 Å². The van der Waals surface area contributed by atoms with Crippen LogP contribution in [0.3, 0.4) is 0 Å². The lowest BCUT2D eigenvalue weighted by molar-refractivity contribution is 0.102. The lowest BCUT2D eigenvalue weighted by Gasteiger charge is -2.19. The summed E-state index contributed by atoms with van der Waals surface area (Å²) in [7, 11) is -3.65. The van der Waals surface area contributed by atoms with Crippen LogP contribution >= 0.6 is 0 Å². The Kier molecular flexibility index (Phi) is 6.63. The standard InChI is InChI=1S/C21H25N5O3S/c1-4-26(5-2)30(28,29)18-9-8-16(3)19(13-18)21(27)23-20-10-12-25(24-20)15-17-7-6-11-22-14-17/h6-14H,4-5,15H2,1-3H3,(H,23,24,27). The van der Waals surface area contributed by atoms with Crippen LogP contribution in [0.15, 0.2) is 59.9 Å². The Morgan fingerprint density at radius 2 is 1.93 bits per heavy atom. The molecule has 3 aromatic rings. The van der Waals surface area contributed by atoms with Crippen molar-refractivity contribution in [3.05, 3.63) is 71.7 Å². The van der Waals surface area contributed by atoms with Gasteiger partial charge in [-0.2, -0.15) is 9.40 Å². The minimum absolute atomic E-state index is 0.101. The molecule has 3 rings (SSSR count). The van der Waals surface area contributed by atoms with E-state index in [1.54, 1.807) is 56.2 Å². The largest absolute Gasteiger partial charge is 0.305 e. The van der Waals surface area contributed by atoms with Crippen molar-refractivity contribution in [2.75, 3.05) is 18.4 Å². The number of nitrogens with zero attached hydrogens (tertiary/aromatic N) is 4. The number of hydrogen-bond acceptors (Lipinski definition) is 5. The van der Waals surface area contributed by atoms with Crippen molar-refractivity contribution in [3.63, 3.8) is 0 Å². The Hall–Kier alpha value is -3.04. The van der Waals surface area contributed by atoms with E-state index >= 15 is 0 Å². The molecule has 0 unspecified atom stereocenters. The van der Waals surface area contributed by atoms with Crippen LogP contribution in [-0.4, -0.2) is 46.5 Å². The van der Waals surface area contributed by atoms with E-state index in [9.17, 15) is 13.2 Å². The smallest absolute Gasteiger partial charge is 0.257 e. The number of sulfonamides is 1. The predicted molar refractivity (Wildman–Crippen MR) is 115 cm³/mol. The molecule has 8 nitrogen and oxygen atoms in total. The fourth-order valence-corrected chi connectivity index (χ4v) is 4.58. The molecule has 0 bridgehead atoms. The zero-order chi connectivity index (χ0) is 21.7. The number of benzene rings is 1. The van der Waals surface area contributed by atoms with Gasteiger partial charge in [0.1, 0.15) is 0 Å². The molecule has 0 aliphatic heterocycles. The Morgan fingerprint density at radius 1 is 1.17 bits per heavy atom. The number of aryl methyl sites for hydroxylation is 1. The maximum atomic E-state index is 12.8. The summed E-state index contributed by atoms with van der Waals surface area (Å²) in [6.45, 7) is 6.59. The second kappa shape index (κ2) is 9.19. The molecule has 0 aliphatic rings. The normalized spacial score (nSPS) is 11.6. The summed E-state index contributed by atoms with van der Waals surface area (Å²) in [6, 6.07) is 10.1. The molecule has 9 heteroatoms. The molecule has 0 radical (unpaired) electrons. The first kappa shape index (κ1) is 21.7. The highest BCUT2D eigenvalue weighted by Crippen LogP contribution is 2.20. The van der Waals surface area contributed by atoms with Gasteiger partial charge in [-0.25, -0.2) is 8.42 Å². The minimum Gasteiger partial charge on any atom is -0.305 e. The quantitative estimate of drug-likeness (QED) is 0.596. The fraction of sp³-hybridized carbons (Fsp3) is 0.286. The van der Waals surface area contributed by atoms with Crippen LogP contribution in [0.1, 0.15) is 35.3 Å². The zero-order valence-corrected chi connectivity index (χ0v) is 18.1. The highest BCUT2D eigenvalue weighted by molar-refractivity contribution is 7.89. The molecule has 0 aliphatic carbocycles. The molecule has 158 valence electrons. The molecule has 0 atom stereocenters. The van der Waals surface area contributed by atoms with Crippen molar-refractivity contribution in [3.8, 4) is 0 Å². The van der Waals surface area contributed by atoms with Gasteiger partial charge in [-0.3, -0.25) is 14.5 Å². The van der Waals surface area contributed by atoms with E-state index in [1.807, 2.05) is 12.1 Å². The number of hydrogen-bond donors (Lipinski definition) is 1. The summed E-state index contributed by atoms with van der Waals surface area (Å²) in [5.74, 6) is -0.0176. The van der Waals surface area contributed by atoms with Crippen molar-refractivity contribution in [2.24, 2.45) is 0 Å². The fourth-order valence-electron chi connectivity index (χ4n) is 3.10. The van der Waals surface area contributed by atoms with Gasteiger partial charge < -0.3 is 5.32 Å². The topological polar surface area (TPSA) is 97.2 Å². The third-order valence-corrected chi connectivity index (χ3v) is 6.79. The van der Waals surface area contributed by atoms with Crippen LogP contribution in [0.4, 0.5) is 5.82 Å². The maximum Gasteiger partial charge on any atom is 0.257 e. The highest BCUT2D eigenvalue weighted by Gasteiger charge is 2.23.